The number of hydrazone groups is 1. The summed E-state index contributed by atoms with van der Waals surface area (Å²) in [6, 6.07) is 14.1. The molecule has 1 aromatic heterocycles. The molecule has 1 heterocycles. The van der Waals surface area contributed by atoms with Crippen molar-refractivity contribution in [2.45, 2.75) is 13.8 Å². The average molecular weight is 469 g/mol. The summed E-state index contributed by atoms with van der Waals surface area (Å²) in [5.41, 5.74) is 6.78. The van der Waals surface area contributed by atoms with Crippen LogP contribution in [0.3, 0.4) is 0 Å². The summed E-state index contributed by atoms with van der Waals surface area (Å²) < 4.78 is 7.46. The second-order valence-electron chi connectivity index (χ2n) is 7.60. The van der Waals surface area contributed by atoms with E-state index in [1.54, 1.807) is 24.4 Å². The smallest absolute Gasteiger partial charge is 0.337 e. The highest BCUT2D eigenvalue weighted by molar-refractivity contribution is 6.33. The fourth-order valence-corrected chi connectivity index (χ4v) is 3.59. The van der Waals surface area contributed by atoms with Gasteiger partial charge in [-0.3, -0.25) is 4.79 Å². The Bertz CT molecular complexity index is 1220. The van der Waals surface area contributed by atoms with Crippen LogP contribution in [0.2, 0.25) is 5.02 Å². The van der Waals surface area contributed by atoms with E-state index in [1.165, 1.54) is 6.07 Å². The molecule has 9 heteroatoms. The van der Waals surface area contributed by atoms with Crippen molar-refractivity contribution in [3.63, 3.8) is 0 Å². The minimum absolute atomic E-state index is 0.0445. The monoisotopic (exact) mass is 468 g/mol. The molecule has 0 unspecified atom stereocenters. The second kappa shape index (κ2) is 10.2. The van der Waals surface area contributed by atoms with Gasteiger partial charge >= 0.3 is 5.97 Å². The number of benzene rings is 2. The van der Waals surface area contributed by atoms with Gasteiger partial charge in [-0.1, -0.05) is 17.7 Å². The van der Waals surface area contributed by atoms with Crippen LogP contribution in [0, 0.1) is 13.8 Å². The number of anilines is 1. The molecule has 2 N–H and O–H groups in total. The number of nitrogens with one attached hydrogen (secondary N) is 1. The van der Waals surface area contributed by atoms with Gasteiger partial charge in [-0.25, -0.2) is 10.2 Å². The fourth-order valence-electron chi connectivity index (χ4n) is 3.34. The number of nitrogens with zero attached hydrogens (tertiary/aromatic N) is 3. The molecule has 8 nitrogen and oxygen atoms in total. The van der Waals surface area contributed by atoms with E-state index in [0.29, 0.717) is 5.75 Å². The minimum Gasteiger partial charge on any atom is -0.484 e. The molecule has 1 amide bonds. The topological polar surface area (TPSA) is 96.2 Å². The molecule has 0 aliphatic carbocycles. The first kappa shape index (κ1) is 23.9. The highest BCUT2D eigenvalue weighted by Crippen LogP contribution is 2.25. The molecule has 0 bridgehead atoms. The number of carbonyl (C=O) groups excluding carboxylic acids is 1. The van der Waals surface area contributed by atoms with Crippen LogP contribution in [0.5, 0.6) is 5.75 Å². The largest absolute Gasteiger partial charge is 0.484 e. The van der Waals surface area contributed by atoms with Crippen LogP contribution in [0.15, 0.2) is 53.6 Å². The first-order chi connectivity index (χ1) is 15.7. The van der Waals surface area contributed by atoms with Crippen LogP contribution in [-0.2, 0) is 4.79 Å². The van der Waals surface area contributed by atoms with Gasteiger partial charge in [-0.2, -0.15) is 5.10 Å². The molecule has 3 aromatic rings. The predicted molar refractivity (Wildman–Crippen MR) is 129 cm³/mol. The number of aromatic carboxylic acids is 1. The molecule has 0 fully saturated rings. The Morgan fingerprint density at radius 3 is 2.61 bits per heavy atom. The SMILES string of the molecule is Cc1cc(/C=N/NC(=O)COc2cccc(N(C)C)c2)c(C)n1-c1ccc(C(=O)O)c(Cl)c1. The molecule has 172 valence electrons. The number of carbonyl (C=O) groups is 2. The highest BCUT2D eigenvalue weighted by atomic mass is 35.5. The van der Waals surface area contributed by atoms with Gasteiger partial charge in [0.2, 0.25) is 0 Å². The highest BCUT2D eigenvalue weighted by Gasteiger charge is 2.14. The maximum absolute atomic E-state index is 12.1. The van der Waals surface area contributed by atoms with E-state index in [2.05, 4.69) is 10.5 Å². The number of halogens is 1. The maximum atomic E-state index is 12.1. The van der Waals surface area contributed by atoms with E-state index >= 15 is 0 Å². The van der Waals surface area contributed by atoms with Crippen LogP contribution in [0.25, 0.3) is 5.69 Å². The molecule has 0 saturated carbocycles. The zero-order chi connectivity index (χ0) is 24.1. The average Bonchev–Trinajstić information content (AvgIpc) is 3.05. The molecule has 33 heavy (non-hydrogen) atoms. The van der Waals surface area contributed by atoms with Crippen molar-refractivity contribution in [2.75, 3.05) is 25.6 Å². The van der Waals surface area contributed by atoms with E-state index in [1.807, 2.05) is 61.7 Å². The minimum atomic E-state index is -1.08. The number of hydrogen-bond acceptors (Lipinski definition) is 5. The third kappa shape index (κ3) is 5.72. The lowest BCUT2D eigenvalue weighted by atomic mass is 10.2. The van der Waals surface area contributed by atoms with Crippen LogP contribution in [0.1, 0.15) is 27.3 Å². The number of rotatable bonds is 8. The first-order valence-corrected chi connectivity index (χ1v) is 10.5. The molecule has 0 atom stereocenters. The van der Waals surface area contributed by atoms with Gasteiger partial charge in [0.05, 0.1) is 16.8 Å². The van der Waals surface area contributed by atoms with Crippen LogP contribution < -0.4 is 15.1 Å². The lowest BCUT2D eigenvalue weighted by molar-refractivity contribution is -0.123. The van der Waals surface area contributed by atoms with Crippen LogP contribution in [0.4, 0.5) is 5.69 Å². The van der Waals surface area contributed by atoms with Gasteiger partial charge in [0.25, 0.3) is 5.91 Å². The number of aromatic nitrogens is 1. The van der Waals surface area contributed by atoms with Gasteiger partial charge in [0.1, 0.15) is 5.75 Å². The molecule has 0 radical (unpaired) electrons. The first-order valence-electron chi connectivity index (χ1n) is 10.1. The van der Waals surface area contributed by atoms with Crippen molar-refractivity contribution in [1.82, 2.24) is 9.99 Å². The van der Waals surface area contributed by atoms with Crippen molar-refractivity contribution in [3.8, 4) is 11.4 Å². The van der Waals surface area contributed by atoms with Gasteiger partial charge < -0.3 is 19.3 Å². The lowest BCUT2D eigenvalue weighted by Crippen LogP contribution is -2.24. The van der Waals surface area contributed by atoms with Gasteiger partial charge in [-0.05, 0) is 50.2 Å². The quantitative estimate of drug-likeness (QED) is 0.384. The Labute approximate surface area is 197 Å². The number of amides is 1. The Balaban J connectivity index is 1.65. The van der Waals surface area contributed by atoms with E-state index in [0.717, 1.165) is 28.3 Å². The number of ether oxygens (including phenoxy) is 1. The summed E-state index contributed by atoms with van der Waals surface area (Å²) >= 11 is 6.12. The Kier molecular flexibility index (Phi) is 7.40. The van der Waals surface area contributed by atoms with Gasteiger partial charge in [-0.15, -0.1) is 0 Å². The molecule has 0 aliphatic heterocycles. The van der Waals surface area contributed by atoms with Crippen LogP contribution >= 0.6 is 11.6 Å². The van der Waals surface area contributed by atoms with Crippen LogP contribution in [-0.4, -0.2) is 48.5 Å². The van der Waals surface area contributed by atoms with Gasteiger partial charge in [0, 0.05) is 48.5 Å². The van der Waals surface area contributed by atoms with Crippen molar-refractivity contribution in [3.05, 3.63) is 76.1 Å². The molecule has 0 spiro atoms. The van der Waals surface area contributed by atoms with Crippen molar-refractivity contribution >= 4 is 35.4 Å². The molecule has 3 rings (SSSR count). The number of carboxylic acid groups (broad SMARTS) is 1. The predicted octanol–water partition coefficient (Wildman–Crippen LogP) is 4.04. The number of carboxylic acids is 1. The van der Waals surface area contributed by atoms with E-state index < -0.39 is 5.97 Å². The fraction of sp³-hybridized carbons (Fsp3) is 0.208. The third-order valence-electron chi connectivity index (χ3n) is 5.01. The third-order valence-corrected chi connectivity index (χ3v) is 5.32. The Hall–Kier alpha value is -3.78. The normalized spacial score (nSPS) is 10.9. The van der Waals surface area contributed by atoms with E-state index in [-0.39, 0.29) is 23.1 Å². The molecule has 0 saturated heterocycles. The van der Waals surface area contributed by atoms with E-state index in [9.17, 15) is 9.59 Å². The van der Waals surface area contributed by atoms with Gasteiger partial charge in [0.15, 0.2) is 6.61 Å². The summed E-state index contributed by atoms with van der Waals surface area (Å²) in [7, 11) is 3.86. The number of hydrogen-bond donors (Lipinski definition) is 2. The van der Waals surface area contributed by atoms with E-state index in [4.69, 9.17) is 21.4 Å². The summed E-state index contributed by atoms with van der Waals surface area (Å²) in [6.07, 6.45) is 1.55. The zero-order valence-electron chi connectivity index (χ0n) is 18.8. The van der Waals surface area contributed by atoms with Crippen molar-refractivity contribution in [2.24, 2.45) is 5.10 Å². The summed E-state index contributed by atoms with van der Waals surface area (Å²) in [4.78, 5) is 25.2. The number of aryl methyl sites for hydroxylation is 1. The summed E-state index contributed by atoms with van der Waals surface area (Å²) in [5.74, 6) is -0.867. The lowest BCUT2D eigenvalue weighted by Gasteiger charge is -2.13. The maximum Gasteiger partial charge on any atom is 0.337 e. The Morgan fingerprint density at radius 2 is 1.94 bits per heavy atom. The van der Waals surface area contributed by atoms with Crippen molar-refractivity contribution in [1.29, 1.82) is 0 Å². The standard InChI is InChI=1S/C24H25ClN4O4/c1-15-10-17(16(2)29(15)19-8-9-21(24(31)32)22(25)12-19)13-26-27-23(30)14-33-20-7-5-6-18(11-20)28(3)4/h5-13H,14H2,1-4H3,(H,27,30)(H,31,32)/b26-13+. The van der Waals surface area contributed by atoms with Crippen molar-refractivity contribution < 1.29 is 19.4 Å². The zero-order valence-corrected chi connectivity index (χ0v) is 19.6. The molecular weight excluding hydrogens is 444 g/mol. The second-order valence-corrected chi connectivity index (χ2v) is 8.01. The molecular formula is C24H25ClN4O4. The molecule has 0 aliphatic rings. The molecule has 2 aromatic carbocycles. The summed E-state index contributed by atoms with van der Waals surface area (Å²) in [6.45, 7) is 3.65. The summed E-state index contributed by atoms with van der Waals surface area (Å²) in [5, 5.41) is 13.4. The Morgan fingerprint density at radius 1 is 1.18 bits per heavy atom.